The van der Waals surface area contributed by atoms with Gasteiger partial charge in [-0.25, -0.2) is 22.7 Å². The van der Waals surface area contributed by atoms with Crippen LogP contribution in [0.2, 0.25) is 0 Å². The Morgan fingerprint density at radius 1 is 1.35 bits per heavy atom. The molecule has 9 nitrogen and oxygen atoms in total. The Hall–Kier alpha value is -1.78. The number of primary amides is 1. The number of nitrogens with zero attached hydrogens (tertiary/aromatic N) is 4. The van der Waals surface area contributed by atoms with Gasteiger partial charge < -0.3 is 10.5 Å². The summed E-state index contributed by atoms with van der Waals surface area (Å²) >= 11 is 0. The van der Waals surface area contributed by atoms with Crippen molar-refractivity contribution < 1.29 is 17.9 Å². The molecule has 1 saturated heterocycles. The summed E-state index contributed by atoms with van der Waals surface area (Å²) in [6, 6.07) is 0.280. The van der Waals surface area contributed by atoms with Gasteiger partial charge in [0.1, 0.15) is 0 Å². The van der Waals surface area contributed by atoms with E-state index in [0.29, 0.717) is 26.2 Å². The third kappa shape index (κ3) is 4.85. The highest BCUT2D eigenvalue weighted by molar-refractivity contribution is 7.88. The molecule has 0 bridgehead atoms. The molecule has 1 atom stereocenters. The maximum atomic E-state index is 11.8. The standard InChI is InChI=1S/C13H21N5O4S/c1-22-13-15-5-10(6-16-13)7-17-3-4-18(23(2,20)21)9-11(8-17)12(14)19/h5-6,11H,3-4,7-9H2,1-2H3,(H2,14,19)/t11-/m1/s1. The summed E-state index contributed by atoms with van der Waals surface area (Å²) in [4.78, 5) is 21.6. The van der Waals surface area contributed by atoms with Gasteiger partial charge in [-0.05, 0) is 0 Å². The molecule has 128 valence electrons. The molecule has 2 heterocycles. The van der Waals surface area contributed by atoms with E-state index in [4.69, 9.17) is 10.5 Å². The Balaban J connectivity index is 2.10. The zero-order chi connectivity index (χ0) is 17.0. The van der Waals surface area contributed by atoms with Gasteiger partial charge >= 0.3 is 6.01 Å². The van der Waals surface area contributed by atoms with Crippen LogP contribution in [-0.2, 0) is 21.4 Å². The number of nitrogens with two attached hydrogens (primary N) is 1. The fourth-order valence-electron chi connectivity index (χ4n) is 2.46. The number of hydrogen-bond acceptors (Lipinski definition) is 7. The Labute approximate surface area is 135 Å². The molecule has 0 aromatic carbocycles. The number of sulfonamides is 1. The summed E-state index contributed by atoms with van der Waals surface area (Å²) in [5.41, 5.74) is 6.26. The molecule has 1 aliphatic heterocycles. The molecule has 0 radical (unpaired) electrons. The van der Waals surface area contributed by atoms with Crippen LogP contribution >= 0.6 is 0 Å². The van der Waals surface area contributed by atoms with Crippen LogP contribution in [0.1, 0.15) is 5.56 Å². The number of methoxy groups -OCH3 is 1. The number of carbonyl (C=O) groups excluding carboxylic acids is 1. The molecule has 1 amide bonds. The van der Waals surface area contributed by atoms with Crippen LogP contribution in [0.15, 0.2) is 12.4 Å². The van der Waals surface area contributed by atoms with E-state index in [1.807, 2.05) is 4.90 Å². The third-order valence-corrected chi connectivity index (χ3v) is 4.98. The second-order valence-electron chi connectivity index (χ2n) is 5.53. The molecule has 0 aliphatic carbocycles. The first kappa shape index (κ1) is 17.6. The van der Waals surface area contributed by atoms with Crippen LogP contribution in [0.5, 0.6) is 6.01 Å². The van der Waals surface area contributed by atoms with Crippen molar-refractivity contribution in [2.24, 2.45) is 11.7 Å². The number of rotatable bonds is 5. The lowest BCUT2D eigenvalue weighted by molar-refractivity contribution is -0.122. The van der Waals surface area contributed by atoms with Crippen molar-refractivity contribution in [2.45, 2.75) is 6.54 Å². The first-order valence-electron chi connectivity index (χ1n) is 7.11. The second kappa shape index (κ2) is 7.20. The molecule has 1 aromatic rings. The topological polar surface area (TPSA) is 119 Å². The quantitative estimate of drug-likeness (QED) is 0.703. The highest BCUT2D eigenvalue weighted by Crippen LogP contribution is 2.15. The number of hydrogen-bond donors (Lipinski definition) is 1. The average Bonchev–Trinajstić information content (AvgIpc) is 2.70. The van der Waals surface area contributed by atoms with Crippen LogP contribution in [0.3, 0.4) is 0 Å². The van der Waals surface area contributed by atoms with Gasteiger partial charge in [0.2, 0.25) is 15.9 Å². The predicted octanol–water partition coefficient (Wildman–Crippen LogP) is -1.34. The highest BCUT2D eigenvalue weighted by atomic mass is 32.2. The molecule has 0 spiro atoms. The van der Waals surface area contributed by atoms with E-state index in [1.54, 1.807) is 12.4 Å². The molecule has 1 aromatic heterocycles. The van der Waals surface area contributed by atoms with Crippen molar-refractivity contribution in [2.75, 3.05) is 39.5 Å². The van der Waals surface area contributed by atoms with Crippen LogP contribution in [0.25, 0.3) is 0 Å². The van der Waals surface area contributed by atoms with Gasteiger partial charge in [-0.1, -0.05) is 0 Å². The van der Waals surface area contributed by atoms with Crippen molar-refractivity contribution in [3.05, 3.63) is 18.0 Å². The van der Waals surface area contributed by atoms with Crippen LogP contribution in [-0.4, -0.2) is 73.0 Å². The van der Waals surface area contributed by atoms with Gasteiger partial charge in [-0.15, -0.1) is 0 Å². The highest BCUT2D eigenvalue weighted by Gasteiger charge is 2.30. The third-order valence-electron chi connectivity index (χ3n) is 3.71. The van der Waals surface area contributed by atoms with E-state index >= 15 is 0 Å². The predicted molar refractivity (Wildman–Crippen MR) is 83.0 cm³/mol. The number of carbonyl (C=O) groups is 1. The molecular formula is C13H21N5O4S. The molecule has 10 heteroatoms. The summed E-state index contributed by atoms with van der Waals surface area (Å²) in [5.74, 6) is -1.05. The zero-order valence-corrected chi connectivity index (χ0v) is 14.0. The maximum Gasteiger partial charge on any atom is 0.316 e. The van der Waals surface area contributed by atoms with Gasteiger partial charge in [0.15, 0.2) is 0 Å². The van der Waals surface area contributed by atoms with Crippen molar-refractivity contribution in [1.29, 1.82) is 0 Å². The summed E-state index contributed by atoms with van der Waals surface area (Å²) in [7, 11) is -1.88. The van der Waals surface area contributed by atoms with Crippen LogP contribution in [0.4, 0.5) is 0 Å². The fourth-order valence-corrected chi connectivity index (χ4v) is 3.33. The van der Waals surface area contributed by atoms with Gasteiger partial charge in [-0.3, -0.25) is 9.69 Å². The SMILES string of the molecule is COc1ncc(CN2CCN(S(C)(=O)=O)C[C@H](C(N)=O)C2)cn1. The molecule has 23 heavy (non-hydrogen) atoms. The minimum atomic E-state index is -3.36. The summed E-state index contributed by atoms with van der Waals surface area (Å²) in [5, 5.41) is 0. The molecular weight excluding hydrogens is 322 g/mol. The van der Waals surface area contributed by atoms with Gasteiger partial charge in [-0.2, -0.15) is 0 Å². The molecule has 0 unspecified atom stereocenters. The lowest BCUT2D eigenvalue weighted by atomic mass is 10.1. The van der Waals surface area contributed by atoms with E-state index < -0.39 is 21.8 Å². The Kier molecular flexibility index (Phi) is 5.50. The van der Waals surface area contributed by atoms with Crippen molar-refractivity contribution in [1.82, 2.24) is 19.2 Å². The Morgan fingerprint density at radius 3 is 2.52 bits per heavy atom. The molecule has 1 aliphatic rings. The largest absolute Gasteiger partial charge is 0.467 e. The summed E-state index contributed by atoms with van der Waals surface area (Å²) in [6.07, 6.45) is 4.42. The van der Waals surface area contributed by atoms with Gasteiger partial charge in [0, 0.05) is 50.7 Å². The minimum absolute atomic E-state index is 0.115. The normalized spacial score (nSPS) is 20.9. The van der Waals surface area contributed by atoms with Crippen molar-refractivity contribution in [3.63, 3.8) is 0 Å². The Morgan fingerprint density at radius 2 is 2.00 bits per heavy atom. The van der Waals surface area contributed by atoms with Gasteiger partial charge in [0.05, 0.1) is 19.3 Å². The lowest BCUT2D eigenvalue weighted by Crippen LogP contribution is -2.40. The summed E-state index contributed by atoms with van der Waals surface area (Å²) in [6.45, 7) is 1.84. The van der Waals surface area contributed by atoms with E-state index in [-0.39, 0.29) is 12.6 Å². The van der Waals surface area contributed by atoms with Crippen LogP contribution < -0.4 is 10.5 Å². The second-order valence-corrected chi connectivity index (χ2v) is 7.52. The number of aromatic nitrogens is 2. The average molecular weight is 343 g/mol. The van der Waals surface area contributed by atoms with E-state index in [2.05, 4.69) is 9.97 Å². The minimum Gasteiger partial charge on any atom is -0.467 e. The van der Waals surface area contributed by atoms with Crippen LogP contribution in [0, 0.1) is 5.92 Å². The maximum absolute atomic E-state index is 11.8. The smallest absolute Gasteiger partial charge is 0.316 e. The van der Waals surface area contributed by atoms with E-state index in [0.717, 1.165) is 11.8 Å². The first-order valence-corrected chi connectivity index (χ1v) is 8.96. The van der Waals surface area contributed by atoms with Crippen molar-refractivity contribution >= 4 is 15.9 Å². The number of ether oxygens (including phenoxy) is 1. The molecule has 1 fully saturated rings. The fraction of sp³-hybridized carbons (Fsp3) is 0.615. The van der Waals surface area contributed by atoms with E-state index in [1.165, 1.54) is 11.4 Å². The molecule has 2 rings (SSSR count). The molecule has 0 saturated carbocycles. The first-order chi connectivity index (χ1) is 10.8. The number of amides is 1. The van der Waals surface area contributed by atoms with E-state index in [9.17, 15) is 13.2 Å². The van der Waals surface area contributed by atoms with Crippen molar-refractivity contribution in [3.8, 4) is 6.01 Å². The molecule has 2 N–H and O–H groups in total. The van der Waals surface area contributed by atoms with Gasteiger partial charge in [0.25, 0.3) is 0 Å². The monoisotopic (exact) mass is 343 g/mol. The summed E-state index contributed by atoms with van der Waals surface area (Å²) < 4.78 is 29.7. The zero-order valence-electron chi connectivity index (χ0n) is 13.2. The Bertz CT molecular complexity index is 649. The lowest BCUT2D eigenvalue weighted by Gasteiger charge is -2.21.